The SMILES string of the molecule is C.CCOC(=O)c1cnc(C)nc1NC.CNc1nc(C)ncc1CO. The van der Waals surface area contributed by atoms with Gasteiger partial charge < -0.3 is 20.5 Å². The van der Waals surface area contributed by atoms with Crippen LogP contribution in [0.25, 0.3) is 0 Å². The van der Waals surface area contributed by atoms with Gasteiger partial charge in [0.05, 0.1) is 13.2 Å². The topological polar surface area (TPSA) is 122 Å². The molecule has 2 aromatic heterocycles. The van der Waals surface area contributed by atoms with Crippen molar-refractivity contribution in [2.75, 3.05) is 31.3 Å². The highest BCUT2D eigenvalue weighted by molar-refractivity contribution is 5.94. The molecule has 0 unspecified atom stereocenters. The number of aliphatic hydroxyl groups excluding tert-OH is 1. The van der Waals surface area contributed by atoms with Crippen molar-refractivity contribution in [1.29, 1.82) is 0 Å². The monoisotopic (exact) mass is 364 g/mol. The van der Waals surface area contributed by atoms with Gasteiger partial charge in [-0.1, -0.05) is 7.43 Å². The molecule has 2 heterocycles. The van der Waals surface area contributed by atoms with Crippen molar-refractivity contribution in [2.45, 2.75) is 34.8 Å². The number of carbonyl (C=O) groups is 1. The molecule has 0 bridgehead atoms. The molecule has 3 N–H and O–H groups in total. The van der Waals surface area contributed by atoms with Crippen LogP contribution < -0.4 is 10.6 Å². The summed E-state index contributed by atoms with van der Waals surface area (Å²) in [5, 5.41) is 14.5. The molecule has 144 valence electrons. The highest BCUT2D eigenvalue weighted by Gasteiger charge is 2.13. The summed E-state index contributed by atoms with van der Waals surface area (Å²) >= 11 is 0. The summed E-state index contributed by atoms with van der Waals surface area (Å²) in [6.45, 7) is 5.64. The van der Waals surface area contributed by atoms with E-state index in [1.807, 2.05) is 6.92 Å². The van der Waals surface area contributed by atoms with Crippen molar-refractivity contribution in [1.82, 2.24) is 19.9 Å². The first-order chi connectivity index (χ1) is 12.0. The fourth-order valence-electron chi connectivity index (χ4n) is 1.85. The van der Waals surface area contributed by atoms with E-state index in [2.05, 4.69) is 30.6 Å². The van der Waals surface area contributed by atoms with E-state index in [4.69, 9.17) is 9.84 Å². The molecule has 0 amide bonds. The quantitative estimate of drug-likeness (QED) is 0.683. The molecule has 0 spiro atoms. The predicted octanol–water partition coefficient (Wildman–Crippen LogP) is 1.96. The number of nitrogens with one attached hydrogen (secondary N) is 2. The second-order valence-corrected chi connectivity index (χ2v) is 4.85. The van der Waals surface area contributed by atoms with E-state index in [1.54, 1.807) is 34.1 Å². The normalized spacial score (nSPS) is 9.31. The first-order valence-corrected chi connectivity index (χ1v) is 7.76. The summed E-state index contributed by atoms with van der Waals surface area (Å²) in [4.78, 5) is 27.4. The van der Waals surface area contributed by atoms with Crippen molar-refractivity contribution < 1.29 is 14.6 Å². The number of aryl methyl sites for hydroxylation is 2. The van der Waals surface area contributed by atoms with Crippen molar-refractivity contribution in [2.24, 2.45) is 0 Å². The lowest BCUT2D eigenvalue weighted by Crippen LogP contribution is -2.10. The molecule has 0 aliphatic heterocycles. The highest BCUT2D eigenvalue weighted by atomic mass is 16.5. The molecule has 0 fully saturated rings. The van der Waals surface area contributed by atoms with Crippen molar-refractivity contribution >= 4 is 17.6 Å². The molecule has 0 radical (unpaired) electrons. The number of rotatable bonds is 5. The van der Waals surface area contributed by atoms with Crippen molar-refractivity contribution in [3.05, 3.63) is 35.2 Å². The van der Waals surface area contributed by atoms with Crippen LogP contribution in [0.1, 0.15) is 41.9 Å². The van der Waals surface area contributed by atoms with E-state index in [0.717, 1.165) is 5.56 Å². The van der Waals surface area contributed by atoms with Crippen LogP contribution >= 0.6 is 0 Å². The third kappa shape index (κ3) is 6.60. The van der Waals surface area contributed by atoms with Gasteiger partial charge in [0.25, 0.3) is 0 Å². The second-order valence-electron chi connectivity index (χ2n) is 4.85. The Morgan fingerprint density at radius 1 is 1.08 bits per heavy atom. The Morgan fingerprint density at radius 2 is 1.62 bits per heavy atom. The molecule has 0 saturated carbocycles. The molecule has 2 rings (SSSR count). The number of aliphatic hydroxyl groups is 1. The Hall–Kier alpha value is -2.81. The first kappa shape index (κ1) is 23.2. The van der Waals surface area contributed by atoms with E-state index >= 15 is 0 Å². The molecule has 26 heavy (non-hydrogen) atoms. The van der Waals surface area contributed by atoms with Gasteiger partial charge in [-0.25, -0.2) is 24.7 Å². The van der Waals surface area contributed by atoms with Crippen LogP contribution in [0.4, 0.5) is 11.6 Å². The average Bonchev–Trinajstić information content (AvgIpc) is 2.62. The minimum atomic E-state index is -0.406. The zero-order valence-corrected chi connectivity index (χ0v) is 15.1. The Bertz CT molecular complexity index is 709. The minimum Gasteiger partial charge on any atom is -0.462 e. The highest BCUT2D eigenvalue weighted by Crippen LogP contribution is 2.12. The fraction of sp³-hybridized carbons (Fsp3) is 0.471. The molecule has 0 aliphatic rings. The third-order valence-electron chi connectivity index (χ3n) is 3.03. The number of hydrogen-bond donors (Lipinski definition) is 3. The molecular weight excluding hydrogens is 336 g/mol. The van der Waals surface area contributed by atoms with E-state index in [0.29, 0.717) is 35.5 Å². The first-order valence-electron chi connectivity index (χ1n) is 7.76. The summed E-state index contributed by atoms with van der Waals surface area (Å²) in [6, 6.07) is 0. The van der Waals surface area contributed by atoms with Gasteiger partial charge >= 0.3 is 5.97 Å². The molecule has 0 aromatic carbocycles. The summed E-state index contributed by atoms with van der Waals surface area (Å²) in [5.41, 5.74) is 1.08. The van der Waals surface area contributed by atoms with E-state index in [-0.39, 0.29) is 14.0 Å². The Kier molecular flexibility index (Phi) is 10.4. The van der Waals surface area contributed by atoms with E-state index < -0.39 is 5.97 Å². The van der Waals surface area contributed by atoms with Gasteiger partial charge in [-0.05, 0) is 20.8 Å². The van der Waals surface area contributed by atoms with Gasteiger partial charge in [-0.3, -0.25) is 0 Å². The number of nitrogens with zero attached hydrogens (tertiary/aromatic N) is 4. The number of carbonyl (C=O) groups excluding carboxylic acids is 1. The van der Waals surface area contributed by atoms with Crippen LogP contribution in [0.15, 0.2) is 12.4 Å². The number of ether oxygens (including phenoxy) is 1. The second kappa shape index (κ2) is 11.7. The van der Waals surface area contributed by atoms with Crippen LogP contribution in [-0.2, 0) is 11.3 Å². The van der Waals surface area contributed by atoms with Crippen LogP contribution in [0, 0.1) is 13.8 Å². The number of hydrogen-bond acceptors (Lipinski definition) is 9. The van der Waals surface area contributed by atoms with Gasteiger partial charge in [0.1, 0.15) is 28.8 Å². The van der Waals surface area contributed by atoms with Crippen LogP contribution in [-0.4, -0.2) is 51.7 Å². The van der Waals surface area contributed by atoms with Crippen LogP contribution in [0.3, 0.4) is 0 Å². The standard InChI is InChI=1S/C9H13N3O2.C7H11N3O.CH4/c1-4-14-9(13)7-5-11-6(2)12-8(7)10-3;1-5-9-3-6(4-11)7(8-2)10-5;/h5H,4H2,1-3H3,(H,10,11,12);3,11H,4H2,1-2H3,(H,8,9,10);1H4. The number of esters is 1. The largest absolute Gasteiger partial charge is 0.462 e. The Labute approximate surface area is 154 Å². The van der Waals surface area contributed by atoms with Crippen LogP contribution in [0.2, 0.25) is 0 Å². The summed E-state index contributed by atoms with van der Waals surface area (Å²) < 4.78 is 4.85. The molecule has 0 saturated heterocycles. The summed E-state index contributed by atoms with van der Waals surface area (Å²) in [5.74, 6) is 2.10. The minimum absolute atomic E-state index is 0. The lowest BCUT2D eigenvalue weighted by Gasteiger charge is -2.06. The van der Waals surface area contributed by atoms with E-state index in [9.17, 15) is 4.79 Å². The Morgan fingerprint density at radius 3 is 2.12 bits per heavy atom. The summed E-state index contributed by atoms with van der Waals surface area (Å²) in [7, 11) is 3.46. The predicted molar refractivity (Wildman–Crippen MR) is 101 cm³/mol. The van der Waals surface area contributed by atoms with Gasteiger partial charge in [-0.2, -0.15) is 0 Å². The average molecular weight is 364 g/mol. The fourth-order valence-corrected chi connectivity index (χ4v) is 1.85. The molecule has 9 nitrogen and oxygen atoms in total. The smallest absolute Gasteiger partial charge is 0.343 e. The third-order valence-corrected chi connectivity index (χ3v) is 3.03. The number of aromatic nitrogens is 4. The van der Waals surface area contributed by atoms with Gasteiger partial charge in [0.2, 0.25) is 0 Å². The molecule has 2 aromatic rings. The maximum atomic E-state index is 11.4. The lowest BCUT2D eigenvalue weighted by molar-refractivity contribution is 0.0526. The zero-order valence-electron chi connectivity index (χ0n) is 15.1. The molecular formula is C17H28N6O3. The van der Waals surface area contributed by atoms with Crippen LogP contribution in [0.5, 0.6) is 0 Å². The molecule has 0 atom stereocenters. The lowest BCUT2D eigenvalue weighted by atomic mass is 10.3. The zero-order chi connectivity index (χ0) is 18.8. The Balaban J connectivity index is 0.000000475. The maximum Gasteiger partial charge on any atom is 0.343 e. The number of anilines is 2. The molecule has 9 heteroatoms. The van der Waals surface area contributed by atoms with Gasteiger partial charge in [0, 0.05) is 32.1 Å². The van der Waals surface area contributed by atoms with E-state index in [1.165, 1.54) is 6.20 Å². The molecule has 0 aliphatic carbocycles. The van der Waals surface area contributed by atoms with Crippen molar-refractivity contribution in [3.8, 4) is 0 Å². The maximum absolute atomic E-state index is 11.4. The van der Waals surface area contributed by atoms with Crippen molar-refractivity contribution in [3.63, 3.8) is 0 Å². The van der Waals surface area contributed by atoms with Gasteiger partial charge in [0.15, 0.2) is 0 Å². The van der Waals surface area contributed by atoms with Gasteiger partial charge in [-0.15, -0.1) is 0 Å². The summed E-state index contributed by atoms with van der Waals surface area (Å²) in [6.07, 6.45) is 3.08.